The zero-order chi connectivity index (χ0) is 14.3. The van der Waals surface area contributed by atoms with Crippen LogP contribution in [0, 0.1) is 13.8 Å². The Morgan fingerprint density at radius 1 is 1.05 bits per heavy atom. The molecule has 4 nitrogen and oxygen atoms in total. The van der Waals surface area contributed by atoms with Gasteiger partial charge < -0.3 is 5.11 Å². The van der Waals surface area contributed by atoms with Crippen molar-refractivity contribution in [3.8, 4) is 0 Å². The number of hydrogen-bond acceptors (Lipinski definition) is 3. The number of benzene rings is 1. The van der Waals surface area contributed by atoms with Crippen molar-refractivity contribution in [1.29, 1.82) is 0 Å². The van der Waals surface area contributed by atoms with Gasteiger partial charge in [-0.25, -0.2) is 0 Å². The minimum atomic E-state index is -0.540. The topological polar surface area (TPSA) is 57.6 Å². The Morgan fingerprint density at radius 2 is 1.47 bits per heavy atom. The van der Waals surface area contributed by atoms with Gasteiger partial charge in [0.2, 0.25) is 0 Å². The van der Waals surface area contributed by atoms with Crippen LogP contribution in [0.15, 0.2) is 12.1 Å². The van der Waals surface area contributed by atoms with Crippen LogP contribution in [-0.4, -0.2) is 34.0 Å². The molecule has 0 aromatic heterocycles. The fourth-order valence-corrected chi connectivity index (χ4v) is 2.69. The van der Waals surface area contributed by atoms with Gasteiger partial charge in [-0.05, 0) is 45.2 Å². The monoisotopic (exact) mass is 261 g/mol. The van der Waals surface area contributed by atoms with E-state index in [-0.39, 0.29) is 17.9 Å². The Labute approximate surface area is 113 Å². The van der Waals surface area contributed by atoms with E-state index in [1.807, 2.05) is 26.0 Å². The third kappa shape index (κ3) is 2.16. The molecule has 1 aliphatic heterocycles. The maximum atomic E-state index is 12.4. The van der Waals surface area contributed by atoms with Crippen molar-refractivity contribution in [3.63, 3.8) is 0 Å². The molecule has 0 aliphatic carbocycles. The quantitative estimate of drug-likeness (QED) is 0.847. The summed E-state index contributed by atoms with van der Waals surface area (Å²) in [7, 11) is 0. The molecule has 1 heterocycles. The van der Waals surface area contributed by atoms with Gasteiger partial charge in [-0.3, -0.25) is 14.5 Å². The Balaban J connectivity index is 2.45. The highest BCUT2D eigenvalue weighted by Gasteiger charge is 2.40. The molecule has 0 radical (unpaired) electrons. The van der Waals surface area contributed by atoms with Crippen LogP contribution >= 0.6 is 0 Å². The van der Waals surface area contributed by atoms with E-state index < -0.39 is 6.10 Å². The number of carbonyl (C=O) groups excluding carboxylic acids is 2. The Hall–Kier alpha value is -1.68. The van der Waals surface area contributed by atoms with E-state index in [0.717, 1.165) is 11.1 Å². The third-order valence-electron chi connectivity index (χ3n) is 3.61. The standard InChI is InChI=1S/C15H19NO3/c1-8-5-6-9(2)13-12(8)14(18)16(15(13)19)10(3)7-11(4)17/h5-6,10-11,17H,7H2,1-4H3. The normalized spacial score (nSPS) is 17.6. The second-order valence-corrected chi connectivity index (χ2v) is 5.36. The summed E-state index contributed by atoms with van der Waals surface area (Å²) in [5.74, 6) is -0.483. The van der Waals surface area contributed by atoms with Gasteiger partial charge in [0.15, 0.2) is 0 Å². The van der Waals surface area contributed by atoms with Gasteiger partial charge >= 0.3 is 0 Å². The highest BCUT2D eigenvalue weighted by Crippen LogP contribution is 2.30. The van der Waals surface area contributed by atoms with E-state index in [2.05, 4.69) is 0 Å². The molecule has 2 rings (SSSR count). The number of rotatable bonds is 3. The van der Waals surface area contributed by atoms with Gasteiger partial charge in [0.25, 0.3) is 11.8 Å². The summed E-state index contributed by atoms with van der Waals surface area (Å²) >= 11 is 0. The fourth-order valence-electron chi connectivity index (χ4n) is 2.69. The predicted molar refractivity (Wildman–Crippen MR) is 72.2 cm³/mol. The lowest BCUT2D eigenvalue weighted by molar-refractivity contribution is 0.0546. The van der Waals surface area contributed by atoms with E-state index in [1.54, 1.807) is 13.8 Å². The molecular formula is C15H19NO3. The first-order valence-corrected chi connectivity index (χ1v) is 6.50. The number of aliphatic hydroxyl groups is 1. The molecule has 0 spiro atoms. The van der Waals surface area contributed by atoms with Crippen LogP contribution in [0.5, 0.6) is 0 Å². The fraction of sp³-hybridized carbons (Fsp3) is 0.467. The Bertz CT molecular complexity index is 508. The number of aryl methyl sites for hydroxylation is 2. The summed E-state index contributed by atoms with van der Waals surface area (Å²) in [6, 6.07) is 3.43. The molecule has 2 atom stereocenters. The van der Waals surface area contributed by atoms with Gasteiger partial charge in [0, 0.05) is 6.04 Å². The van der Waals surface area contributed by atoms with E-state index in [4.69, 9.17) is 0 Å². The van der Waals surface area contributed by atoms with Gasteiger partial charge in [0.1, 0.15) is 0 Å². The first kappa shape index (κ1) is 13.7. The van der Waals surface area contributed by atoms with Crippen LogP contribution < -0.4 is 0 Å². The van der Waals surface area contributed by atoms with Crippen molar-refractivity contribution in [2.45, 2.75) is 46.3 Å². The average molecular weight is 261 g/mol. The minimum absolute atomic E-state index is 0.241. The molecule has 1 N–H and O–H groups in total. The largest absolute Gasteiger partial charge is 0.393 e. The second-order valence-electron chi connectivity index (χ2n) is 5.36. The van der Waals surface area contributed by atoms with Crippen LogP contribution in [0.25, 0.3) is 0 Å². The SMILES string of the molecule is Cc1ccc(C)c2c1C(=O)N(C(C)CC(C)O)C2=O. The molecule has 0 bridgehead atoms. The molecule has 2 unspecified atom stereocenters. The lowest BCUT2D eigenvalue weighted by Gasteiger charge is -2.23. The smallest absolute Gasteiger partial charge is 0.262 e. The number of nitrogens with zero attached hydrogens (tertiary/aromatic N) is 1. The molecule has 2 amide bonds. The summed E-state index contributed by atoms with van der Waals surface area (Å²) in [6.45, 7) is 7.13. The molecule has 102 valence electrons. The first-order valence-electron chi connectivity index (χ1n) is 6.50. The zero-order valence-electron chi connectivity index (χ0n) is 11.7. The number of aliphatic hydroxyl groups excluding tert-OH is 1. The summed E-state index contributed by atoms with van der Waals surface area (Å²) in [4.78, 5) is 26.1. The van der Waals surface area contributed by atoms with Crippen molar-refractivity contribution in [3.05, 3.63) is 34.4 Å². The van der Waals surface area contributed by atoms with E-state index in [1.165, 1.54) is 4.90 Å². The van der Waals surface area contributed by atoms with Crippen LogP contribution in [0.1, 0.15) is 52.1 Å². The summed E-state index contributed by atoms with van der Waals surface area (Å²) < 4.78 is 0. The molecule has 0 saturated heterocycles. The highest BCUT2D eigenvalue weighted by atomic mass is 16.3. The molecule has 1 aromatic carbocycles. The Kier molecular flexibility index (Phi) is 3.45. The first-order chi connectivity index (χ1) is 8.84. The molecule has 0 fully saturated rings. The molecule has 4 heteroatoms. The maximum absolute atomic E-state index is 12.4. The number of carbonyl (C=O) groups is 2. The maximum Gasteiger partial charge on any atom is 0.262 e. The van der Waals surface area contributed by atoms with Crippen molar-refractivity contribution in [2.24, 2.45) is 0 Å². The van der Waals surface area contributed by atoms with Gasteiger partial charge in [-0.2, -0.15) is 0 Å². The summed E-state index contributed by atoms with van der Waals surface area (Å²) in [5, 5.41) is 9.43. The lowest BCUT2D eigenvalue weighted by atomic mass is 9.99. The van der Waals surface area contributed by atoms with Crippen molar-refractivity contribution in [1.82, 2.24) is 4.90 Å². The van der Waals surface area contributed by atoms with Gasteiger partial charge in [0.05, 0.1) is 17.2 Å². The molecule has 1 aromatic rings. The van der Waals surface area contributed by atoms with Crippen molar-refractivity contribution in [2.75, 3.05) is 0 Å². The van der Waals surface area contributed by atoms with Crippen LogP contribution in [0.3, 0.4) is 0 Å². The van der Waals surface area contributed by atoms with Crippen LogP contribution in [-0.2, 0) is 0 Å². The lowest BCUT2D eigenvalue weighted by Crippen LogP contribution is -2.39. The van der Waals surface area contributed by atoms with Crippen molar-refractivity contribution < 1.29 is 14.7 Å². The number of amides is 2. The Morgan fingerprint density at radius 3 is 1.84 bits per heavy atom. The molecule has 19 heavy (non-hydrogen) atoms. The number of hydrogen-bond donors (Lipinski definition) is 1. The van der Waals surface area contributed by atoms with E-state index >= 15 is 0 Å². The average Bonchev–Trinajstić information content (AvgIpc) is 2.56. The summed E-state index contributed by atoms with van der Waals surface area (Å²) in [5.41, 5.74) is 2.68. The van der Waals surface area contributed by atoms with Crippen molar-refractivity contribution >= 4 is 11.8 Å². The number of imide groups is 1. The molecule has 0 saturated carbocycles. The summed E-state index contributed by atoms with van der Waals surface area (Å²) in [6.07, 6.45) is -0.148. The highest BCUT2D eigenvalue weighted by molar-refractivity contribution is 6.22. The number of fused-ring (bicyclic) bond motifs is 1. The van der Waals surface area contributed by atoms with Crippen LogP contribution in [0.2, 0.25) is 0 Å². The van der Waals surface area contributed by atoms with Crippen LogP contribution in [0.4, 0.5) is 0 Å². The van der Waals surface area contributed by atoms with Gasteiger partial charge in [-0.1, -0.05) is 12.1 Å². The third-order valence-corrected chi connectivity index (χ3v) is 3.61. The zero-order valence-corrected chi connectivity index (χ0v) is 11.7. The molecular weight excluding hydrogens is 242 g/mol. The van der Waals surface area contributed by atoms with E-state index in [9.17, 15) is 14.7 Å². The van der Waals surface area contributed by atoms with E-state index in [0.29, 0.717) is 17.5 Å². The minimum Gasteiger partial charge on any atom is -0.393 e. The molecule has 1 aliphatic rings. The second kappa shape index (κ2) is 4.78. The predicted octanol–water partition coefficient (Wildman–Crippen LogP) is 2.06. The van der Waals surface area contributed by atoms with Gasteiger partial charge in [-0.15, -0.1) is 0 Å².